The van der Waals surface area contributed by atoms with E-state index in [4.69, 9.17) is 21.1 Å². The van der Waals surface area contributed by atoms with Crippen LogP contribution < -0.4 is 4.74 Å². The van der Waals surface area contributed by atoms with Crippen molar-refractivity contribution < 1.29 is 14.3 Å². The van der Waals surface area contributed by atoms with E-state index in [0.29, 0.717) is 29.5 Å². The number of hydrogen-bond donors (Lipinski definition) is 0. The standard InChI is InChI=1S/C14H17ClINO3/c1-8-7-20-9(2)6-17(8)14(18)10-4-11(15)12(16)5-13(10)19-3/h4-5,8-9H,6-7H2,1-3H3. The van der Waals surface area contributed by atoms with Crippen molar-refractivity contribution in [2.45, 2.75) is 26.0 Å². The molecule has 0 aliphatic carbocycles. The molecule has 1 aromatic carbocycles. The van der Waals surface area contributed by atoms with Crippen molar-refractivity contribution in [1.82, 2.24) is 4.90 Å². The maximum absolute atomic E-state index is 12.7. The number of morpholine rings is 1. The molecule has 0 N–H and O–H groups in total. The molecule has 1 aliphatic heterocycles. The lowest BCUT2D eigenvalue weighted by atomic mass is 10.1. The fraction of sp³-hybridized carbons (Fsp3) is 0.500. The van der Waals surface area contributed by atoms with Gasteiger partial charge in [0, 0.05) is 10.1 Å². The molecule has 1 heterocycles. The molecule has 0 spiro atoms. The number of halogens is 2. The molecule has 0 saturated carbocycles. The van der Waals surface area contributed by atoms with Crippen molar-refractivity contribution in [2.75, 3.05) is 20.3 Å². The lowest BCUT2D eigenvalue weighted by Crippen LogP contribution is -2.50. The highest BCUT2D eigenvalue weighted by molar-refractivity contribution is 14.1. The van der Waals surface area contributed by atoms with E-state index in [1.807, 2.05) is 18.7 Å². The van der Waals surface area contributed by atoms with Crippen LogP contribution in [0.5, 0.6) is 5.75 Å². The smallest absolute Gasteiger partial charge is 0.258 e. The number of carbonyl (C=O) groups excluding carboxylic acids is 1. The normalized spacial score (nSPS) is 22.8. The average molecular weight is 410 g/mol. The minimum Gasteiger partial charge on any atom is -0.496 e. The van der Waals surface area contributed by atoms with Gasteiger partial charge in [-0.15, -0.1) is 0 Å². The number of hydrogen-bond acceptors (Lipinski definition) is 3. The third-order valence-electron chi connectivity index (χ3n) is 3.34. The average Bonchev–Trinajstić information content (AvgIpc) is 2.43. The Labute approximate surface area is 137 Å². The van der Waals surface area contributed by atoms with Gasteiger partial charge in [0.2, 0.25) is 0 Å². The number of amides is 1. The van der Waals surface area contributed by atoms with Crippen LogP contribution in [0.15, 0.2) is 12.1 Å². The first-order valence-electron chi connectivity index (χ1n) is 6.39. The van der Waals surface area contributed by atoms with Crippen LogP contribution >= 0.6 is 34.2 Å². The molecule has 2 rings (SSSR count). The second-order valence-electron chi connectivity index (χ2n) is 4.92. The molecule has 20 heavy (non-hydrogen) atoms. The number of ether oxygens (including phenoxy) is 2. The molecule has 110 valence electrons. The Kier molecular flexibility index (Phi) is 5.14. The zero-order chi connectivity index (χ0) is 14.9. The number of rotatable bonds is 2. The lowest BCUT2D eigenvalue weighted by Gasteiger charge is -2.37. The third kappa shape index (κ3) is 3.20. The predicted octanol–water partition coefficient (Wildman–Crippen LogP) is 3.20. The van der Waals surface area contributed by atoms with E-state index < -0.39 is 0 Å². The van der Waals surface area contributed by atoms with E-state index in [-0.39, 0.29) is 18.1 Å². The molecule has 0 bridgehead atoms. The summed E-state index contributed by atoms with van der Waals surface area (Å²) in [5, 5.41) is 0.559. The Morgan fingerprint density at radius 2 is 2.20 bits per heavy atom. The first kappa shape index (κ1) is 15.9. The molecule has 1 fully saturated rings. The van der Waals surface area contributed by atoms with Gasteiger partial charge in [-0.05, 0) is 48.6 Å². The number of benzene rings is 1. The number of carbonyl (C=O) groups is 1. The molecule has 1 amide bonds. The fourth-order valence-corrected chi connectivity index (χ4v) is 2.81. The van der Waals surface area contributed by atoms with Crippen LogP contribution in [0.1, 0.15) is 24.2 Å². The van der Waals surface area contributed by atoms with Crippen LogP contribution in [-0.2, 0) is 4.74 Å². The van der Waals surface area contributed by atoms with Crippen LogP contribution in [0.3, 0.4) is 0 Å². The van der Waals surface area contributed by atoms with Gasteiger partial charge >= 0.3 is 0 Å². The molecule has 1 aromatic rings. The third-order valence-corrected chi connectivity index (χ3v) is 4.87. The summed E-state index contributed by atoms with van der Waals surface area (Å²) in [5.74, 6) is 0.484. The SMILES string of the molecule is COc1cc(I)c(Cl)cc1C(=O)N1CC(C)OCC1C. The molecule has 2 atom stereocenters. The summed E-state index contributed by atoms with van der Waals surface area (Å²) in [6, 6.07) is 3.50. The molecular weight excluding hydrogens is 393 g/mol. The maximum atomic E-state index is 12.7. The molecule has 6 heteroatoms. The van der Waals surface area contributed by atoms with Crippen molar-refractivity contribution in [3.63, 3.8) is 0 Å². The van der Waals surface area contributed by atoms with Crippen LogP contribution in [0.4, 0.5) is 0 Å². The molecule has 1 aliphatic rings. The topological polar surface area (TPSA) is 38.8 Å². The second kappa shape index (κ2) is 6.49. The summed E-state index contributed by atoms with van der Waals surface area (Å²) < 4.78 is 11.7. The maximum Gasteiger partial charge on any atom is 0.258 e. The highest BCUT2D eigenvalue weighted by Crippen LogP contribution is 2.30. The molecule has 0 radical (unpaired) electrons. The monoisotopic (exact) mass is 409 g/mol. The van der Waals surface area contributed by atoms with E-state index >= 15 is 0 Å². The van der Waals surface area contributed by atoms with E-state index in [9.17, 15) is 4.79 Å². The number of methoxy groups -OCH3 is 1. The number of nitrogens with zero attached hydrogens (tertiary/aromatic N) is 1. The summed E-state index contributed by atoms with van der Waals surface area (Å²) in [6.45, 7) is 5.06. The first-order chi connectivity index (χ1) is 9.43. The van der Waals surface area contributed by atoms with Crippen LogP contribution in [0.2, 0.25) is 5.02 Å². The van der Waals surface area contributed by atoms with Crippen molar-refractivity contribution in [2.24, 2.45) is 0 Å². The van der Waals surface area contributed by atoms with Gasteiger partial charge in [-0.1, -0.05) is 11.6 Å². The second-order valence-corrected chi connectivity index (χ2v) is 6.49. The Morgan fingerprint density at radius 3 is 2.85 bits per heavy atom. The Morgan fingerprint density at radius 1 is 1.50 bits per heavy atom. The Hall–Kier alpha value is -0.530. The summed E-state index contributed by atoms with van der Waals surface area (Å²) in [6.07, 6.45) is 0.0421. The van der Waals surface area contributed by atoms with Crippen LogP contribution in [0, 0.1) is 3.57 Å². The largest absolute Gasteiger partial charge is 0.496 e. The minimum atomic E-state index is -0.0669. The van der Waals surface area contributed by atoms with E-state index in [1.165, 1.54) is 0 Å². The summed E-state index contributed by atoms with van der Waals surface area (Å²) in [4.78, 5) is 14.5. The van der Waals surface area contributed by atoms with Gasteiger partial charge in [0.05, 0.1) is 36.4 Å². The van der Waals surface area contributed by atoms with Crippen LogP contribution in [-0.4, -0.2) is 43.2 Å². The van der Waals surface area contributed by atoms with Gasteiger partial charge in [0.15, 0.2) is 0 Å². The Bertz CT molecular complexity index is 523. The summed E-state index contributed by atoms with van der Waals surface area (Å²) >= 11 is 8.25. The quantitative estimate of drug-likeness (QED) is 0.704. The fourth-order valence-electron chi connectivity index (χ4n) is 2.21. The van der Waals surface area contributed by atoms with Gasteiger partial charge in [0.25, 0.3) is 5.91 Å². The predicted molar refractivity (Wildman–Crippen MR) is 86.6 cm³/mol. The van der Waals surface area contributed by atoms with Gasteiger partial charge in [-0.3, -0.25) is 4.79 Å². The molecule has 0 aromatic heterocycles. The highest BCUT2D eigenvalue weighted by Gasteiger charge is 2.30. The van der Waals surface area contributed by atoms with Gasteiger partial charge in [-0.2, -0.15) is 0 Å². The van der Waals surface area contributed by atoms with Crippen molar-refractivity contribution in [1.29, 1.82) is 0 Å². The van der Waals surface area contributed by atoms with E-state index in [1.54, 1.807) is 19.2 Å². The highest BCUT2D eigenvalue weighted by atomic mass is 127. The van der Waals surface area contributed by atoms with Crippen molar-refractivity contribution >= 4 is 40.1 Å². The molecule has 2 unspecified atom stereocenters. The van der Waals surface area contributed by atoms with Gasteiger partial charge < -0.3 is 14.4 Å². The van der Waals surface area contributed by atoms with Crippen LogP contribution in [0.25, 0.3) is 0 Å². The zero-order valence-corrected chi connectivity index (χ0v) is 14.6. The first-order valence-corrected chi connectivity index (χ1v) is 7.85. The summed E-state index contributed by atoms with van der Waals surface area (Å²) in [7, 11) is 1.56. The van der Waals surface area contributed by atoms with Crippen molar-refractivity contribution in [3.05, 3.63) is 26.3 Å². The molecular formula is C14H17ClINO3. The van der Waals surface area contributed by atoms with Gasteiger partial charge in [0.1, 0.15) is 5.75 Å². The lowest BCUT2D eigenvalue weighted by molar-refractivity contribution is -0.0387. The zero-order valence-electron chi connectivity index (χ0n) is 11.7. The summed E-state index contributed by atoms with van der Waals surface area (Å²) in [5.41, 5.74) is 0.499. The molecule has 4 nitrogen and oxygen atoms in total. The van der Waals surface area contributed by atoms with Crippen molar-refractivity contribution in [3.8, 4) is 5.75 Å². The molecule has 1 saturated heterocycles. The van der Waals surface area contributed by atoms with E-state index in [2.05, 4.69) is 22.6 Å². The minimum absolute atomic E-state index is 0.0421. The van der Waals surface area contributed by atoms with Gasteiger partial charge in [-0.25, -0.2) is 0 Å². The Balaban J connectivity index is 2.35. The van der Waals surface area contributed by atoms with E-state index in [0.717, 1.165) is 3.57 Å².